The lowest BCUT2D eigenvalue weighted by Gasteiger charge is -2.04. The minimum Gasteiger partial charge on any atom is -0.398 e. The van der Waals surface area contributed by atoms with Crippen molar-refractivity contribution in [2.24, 2.45) is 0 Å². The number of rotatable bonds is 1. The van der Waals surface area contributed by atoms with E-state index in [1.54, 1.807) is 6.08 Å². The number of halogens is 1. The lowest BCUT2D eigenvalue weighted by molar-refractivity contribution is 0.624. The van der Waals surface area contributed by atoms with Crippen LogP contribution < -0.4 is 5.73 Å². The van der Waals surface area contributed by atoms with Crippen LogP contribution in [-0.2, 0) is 0 Å². The highest BCUT2D eigenvalue weighted by Crippen LogP contribution is 2.21. The molecule has 0 saturated carbocycles. The Morgan fingerprint density at radius 1 is 1.50 bits per heavy atom. The lowest BCUT2D eigenvalue weighted by Crippen LogP contribution is -1.96. The fourth-order valence-corrected chi connectivity index (χ4v) is 1.17. The van der Waals surface area contributed by atoms with Crippen molar-refractivity contribution in [3.8, 4) is 6.07 Å². The first kappa shape index (κ1) is 10.3. The topological polar surface area (TPSA) is 49.8 Å². The summed E-state index contributed by atoms with van der Waals surface area (Å²) in [5, 5.41) is 8.81. The lowest BCUT2D eigenvalue weighted by atomic mass is 10.0. The largest absolute Gasteiger partial charge is 0.398 e. The zero-order valence-electron chi connectivity index (χ0n) is 8.13. The Balaban J connectivity index is 3.47. The number of hydrogen-bond acceptors (Lipinski definition) is 2. The summed E-state index contributed by atoms with van der Waals surface area (Å²) < 4.78 is 13.3. The third-order valence-corrected chi connectivity index (χ3v) is 1.77. The van der Waals surface area contributed by atoms with Crippen molar-refractivity contribution in [2.45, 2.75) is 13.8 Å². The molecule has 0 unspecified atom stereocenters. The highest BCUT2D eigenvalue weighted by Gasteiger charge is 2.08. The number of anilines is 1. The van der Waals surface area contributed by atoms with Gasteiger partial charge in [-0.25, -0.2) is 4.39 Å². The third kappa shape index (κ3) is 1.91. The van der Waals surface area contributed by atoms with Gasteiger partial charge in [0.1, 0.15) is 11.9 Å². The van der Waals surface area contributed by atoms with Crippen molar-refractivity contribution in [1.29, 1.82) is 5.26 Å². The predicted octanol–water partition coefficient (Wildman–Crippen LogP) is 2.70. The minimum atomic E-state index is -0.419. The molecule has 1 aromatic carbocycles. The molecule has 0 spiro atoms. The van der Waals surface area contributed by atoms with E-state index in [-0.39, 0.29) is 11.1 Å². The van der Waals surface area contributed by atoms with Gasteiger partial charge in [0.15, 0.2) is 0 Å². The molecule has 0 amide bonds. The van der Waals surface area contributed by atoms with Crippen LogP contribution in [0.4, 0.5) is 10.1 Å². The molecule has 0 aromatic heterocycles. The molecule has 1 aromatic rings. The fraction of sp³-hybridized carbons (Fsp3) is 0.182. The Bertz CT molecular complexity index is 424. The molecule has 0 saturated heterocycles. The summed E-state index contributed by atoms with van der Waals surface area (Å²) in [6.07, 6.45) is 1.62. The monoisotopic (exact) mass is 190 g/mol. The Hall–Kier alpha value is -1.82. The van der Waals surface area contributed by atoms with Gasteiger partial charge >= 0.3 is 0 Å². The zero-order valence-corrected chi connectivity index (χ0v) is 8.13. The van der Waals surface area contributed by atoms with Gasteiger partial charge < -0.3 is 5.73 Å². The van der Waals surface area contributed by atoms with Gasteiger partial charge in [0.05, 0.1) is 11.3 Å². The van der Waals surface area contributed by atoms with Crippen molar-refractivity contribution in [1.82, 2.24) is 0 Å². The van der Waals surface area contributed by atoms with Crippen molar-refractivity contribution in [3.05, 3.63) is 34.6 Å². The fourth-order valence-electron chi connectivity index (χ4n) is 1.17. The second-order valence-corrected chi connectivity index (χ2v) is 3.26. The van der Waals surface area contributed by atoms with E-state index in [2.05, 4.69) is 0 Å². The molecule has 0 radical (unpaired) electrons. The van der Waals surface area contributed by atoms with E-state index in [9.17, 15) is 4.39 Å². The SMILES string of the molecule is CC(C)=Cc1c(F)ccc(N)c1C#N. The van der Waals surface area contributed by atoms with Crippen LogP contribution >= 0.6 is 0 Å². The maximum absolute atomic E-state index is 13.3. The van der Waals surface area contributed by atoms with Crippen molar-refractivity contribution < 1.29 is 4.39 Å². The van der Waals surface area contributed by atoms with Gasteiger partial charge in [-0.1, -0.05) is 11.6 Å². The normalized spacial score (nSPS) is 9.29. The van der Waals surface area contributed by atoms with Gasteiger partial charge in [-0.05, 0) is 26.0 Å². The Kier molecular flexibility index (Phi) is 2.88. The maximum atomic E-state index is 13.3. The van der Waals surface area contributed by atoms with Crippen molar-refractivity contribution in [3.63, 3.8) is 0 Å². The Morgan fingerprint density at radius 3 is 2.64 bits per heavy atom. The van der Waals surface area contributed by atoms with E-state index >= 15 is 0 Å². The van der Waals surface area contributed by atoms with Crippen LogP contribution in [0.5, 0.6) is 0 Å². The first-order valence-electron chi connectivity index (χ1n) is 4.19. The second-order valence-electron chi connectivity index (χ2n) is 3.26. The van der Waals surface area contributed by atoms with Crippen molar-refractivity contribution >= 4 is 11.8 Å². The molecule has 72 valence electrons. The average molecular weight is 190 g/mol. The van der Waals surface area contributed by atoms with Crippen LogP contribution in [0.25, 0.3) is 6.08 Å². The molecule has 1 rings (SSSR count). The summed E-state index contributed by atoms with van der Waals surface area (Å²) in [6, 6.07) is 4.57. The first-order chi connectivity index (χ1) is 6.56. The maximum Gasteiger partial charge on any atom is 0.131 e. The average Bonchev–Trinajstić information content (AvgIpc) is 2.11. The molecule has 0 heterocycles. The smallest absolute Gasteiger partial charge is 0.131 e. The Labute approximate surface area is 82.5 Å². The summed E-state index contributed by atoms with van der Waals surface area (Å²) in [5.41, 5.74) is 7.26. The molecular formula is C11H11FN2. The molecule has 0 fully saturated rings. The second kappa shape index (κ2) is 3.93. The van der Waals surface area contributed by atoms with E-state index in [0.717, 1.165) is 5.57 Å². The van der Waals surface area contributed by atoms with Crippen LogP contribution in [-0.4, -0.2) is 0 Å². The van der Waals surface area contributed by atoms with Crippen LogP contribution in [0.3, 0.4) is 0 Å². The molecule has 2 N–H and O–H groups in total. The van der Waals surface area contributed by atoms with Gasteiger partial charge in [0.25, 0.3) is 0 Å². The van der Waals surface area contributed by atoms with Gasteiger partial charge in [-0.2, -0.15) is 5.26 Å². The highest BCUT2D eigenvalue weighted by atomic mass is 19.1. The van der Waals surface area contributed by atoms with E-state index in [1.807, 2.05) is 19.9 Å². The number of nitriles is 1. The molecule has 2 nitrogen and oxygen atoms in total. The summed E-state index contributed by atoms with van der Waals surface area (Å²) >= 11 is 0. The zero-order chi connectivity index (χ0) is 10.7. The van der Waals surface area contributed by atoms with Crippen LogP contribution in [0.2, 0.25) is 0 Å². The molecule has 0 aliphatic rings. The predicted molar refractivity (Wildman–Crippen MR) is 54.9 cm³/mol. The standard InChI is InChI=1S/C11H11FN2/c1-7(2)5-8-9(6-13)11(14)4-3-10(8)12/h3-5H,14H2,1-2H3. The van der Waals surface area contributed by atoms with Gasteiger partial charge in [0.2, 0.25) is 0 Å². The van der Waals surface area contributed by atoms with Crippen LogP contribution in [0, 0.1) is 17.1 Å². The third-order valence-electron chi connectivity index (χ3n) is 1.77. The molecule has 0 aliphatic heterocycles. The quantitative estimate of drug-likeness (QED) is 0.692. The highest BCUT2D eigenvalue weighted by molar-refractivity contribution is 5.68. The number of nitrogens with two attached hydrogens (primary N) is 1. The van der Waals surface area contributed by atoms with Gasteiger partial charge in [0, 0.05) is 5.56 Å². The van der Waals surface area contributed by atoms with Gasteiger partial charge in [-0.3, -0.25) is 0 Å². The minimum absolute atomic E-state index is 0.200. The molecule has 0 bridgehead atoms. The van der Waals surface area contributed by atoms with Crippen molar-refractivity contribution in [2.75, 3.05) is 5.73 Å². The number of hydrogen-bond donors (Lipinski definition) is 1. The molecular weight excluding hydrogens is 179 g/mol. The number of nitrogens with zero attached hydrogens (tertiary/aromatic N) is 1. The summed E-state index contributed by atoms with van der Waals surface area (Å²) in [5.74, 6) is -0.419. The van der Waals surface area contributed by atoms with Crippen LogP contribution in [0.15, 0.2) is 17.7 Å². The van der Waals surface area contributed by atoms with E-state index in [1.165, 1.54) is 12.1 Å². The van der Waals surface area contributed by atoms with Gasteiger partial charge in [-0.15, -0.1) is 0 Å². The van der Waals surface area contributed by atoms with E-state index in [0.29, 0.717) is 5.69 Å². The summed E-state index contributed by atoms with van der Waals surface area (Å²) in [6.45, 7) is 3.67. The Morgan fingerprint density at radius 2 is 2.14 bits per heavy atom. The number of allylic oxidation sites excluding steroid dienone is 1. The molecule has 3 heteroatoms. The van der Waals surface area contributed by atoms with E-state index in [4.69, 9.17) is 11.0 Å². The summed E-state index contributed by atoms with van der Waals surface area (Å²) in [7, 11) is 0. The molecule has 14 heavy (non-hydrogen) atoms. The summed E-state index contributed by atoms with van der Waals surface area (Å²) in [4.78, 5) is 0. The van der Waals surface area contributed by atoms with Crippen LogP contribution in [0.1, 0.15) is 25.0 Å². The van der Waals surface area contributed by atoms with E-state index < -0.39 is 5.82 Å². The first-order valence-corrected chi connectivity index (χ1v) is 4.19. The number of benzene rings is 1. The number of nitrogen functional groups attached to an aromatic ring is 1. The molecule has 0 aliphatic carbocycles. The molecule has 0 atom stereocenters.